The fraction of sp³-hybridized carbons (Fsp3) is 0.333. The van der Waals surface area contributed by atoms with Crippen LogP contribution in [0.3, 0.4) is 0 Å². The molecule has 1 saturated heterocycles. The number of benzene rings is 1. The lowest BCUT2D eigenvalue weighted by molar-refractivity contribution is -0.133. The van der Waals surface area contributed by atoms with Crippen LogP contribution in [0.4, 0.5) is 9.52 Å². The summed E-state index contributed by atoms with van der Waals surface area (Å²) in [7, 11) is 0. The van der Waals surface area contributed by atoms with Gasteiger partial charge >= 0.3 is 0 Å². The Kier molecular flexibility index (Phi) is 3.73. The number of aromatic nitrogens is 1. The first-order chi connectivity index (χ1) is 10.1. The van der Waals surface area contributed by atoms with Crippen LogP contribution in [0.2, 0.25) is 0 Å². The number of carbonyl (C=O) groups is 1. The Morgan fingerprint density at radius 2 is 2.19 bits per heavy atom. The molecule has 1 aromatic carbocycles. The van der Waals surface area contributed by atoms with Crippen molar-refractivity contribution in [1.29, 1.82) is 0 Å². The molecule has 0 spiro atoms. The van der Waals surface area contributed by atoms with Crippen molar-refractivity contribution in [2.45, 2.75) is 25.4 Å². The highest BCUT2D eigenvalue weighted by Gasteiger charge is 2.38. The number of carbonyl (C=O) groups excluding carboxylic acids is 1. The topological polar surface area (TPSA) is 51.2 Å². The summed E-state index contributed by atoms with van der Waals surface area (Å²) in [4.78, 5) is 16.6. The molecule has 0 radical (unpaired) electrons. The Labute approximate surface area is 126 Å². The minimum atomic E-state index is -0.762. The zero-order valence-electron chi connectivity index (χ0n) is 11.6. The smallest absolute Gasteiger partial charge is 0.258 e. The van der Waals surface area contributed by atoms with E-state index in [0.717, 1.165) is 18.4 Å². The van der Waals surface area contributed by atoms with Gasteiger partial charge in [-0.1, -0.05) is 0 Å². The zero-order chi connectivity index (χ0) is 14.9. The molecule has 1 fully saturated rings. The van der Waals surface area contributed by atoms with Crippen molar-refractivity contribution in [3.05, 3.63) is 35.5 Å². The van der Waals surface area contributed by atoms with E-state index >= 15 is 0 Å². The fourth-order valence-corrected chi connectivity index (χ4v) is 2.99. The van der Waals surface area contributed by atoms with Crippen LogP contribution in [0.1, 0.15) is 19.8 Å². The minimum absolute atomic E-state index is 0.167. The van der Waals surface area contributed by atoms with Crippen molar-refractivity contribution >= 4 is 22.4 Å². The van der Waals surface area contributed by atoms with E-state index in [9.17, 15) is 9.18 Å². The predicted molar refractivity (Wildman–Crippen MR) is 79.7 cm³/mol. The highest BCUT2D eigenvalue weighted by Crippen LogP contribution is 2.29. The highest BCUT2D eigenvalue weighted by molar-refractivity contribution is 7.14. The largest absolute Gasteiger partial charge is 0.365 e. The van der Waals surface area contributed by atoms with Crippen LogP contribution in [0.5, 0.6) is 0 Å². The Balaban J connectivity index is 1.73. The summed E-state index contributed by atoms with van der Waals surface area (Å²) >= 11 is 1.34. The van der Waals surface area contributed by atoms with Gasteiger partial charge in [-0.05, 0) is 44.0 Å². The van der Waals surface area contributed by atoms with Crippen LogP contribution in [0.15, 0.2) is 29.6 Å². The molecule has 2 heterocycles. The Hall–Kier alpha value is -1.79. The number of hydrogen-bond donors (Lipinski definition) is 1. The third kappa shape index (κ3) is 2.96. The highest BCUT2D eigenvalue weighted by atomic mass is 32.1. The maximum absolute atomic E-state index is 12.9. The number of nitrogens with zero attached hydrogens (tertiary/aromatic N) is 1. The van der Waals surface area contributed by atoms with Crippen molar-refractivity contribution in [2.24, 2.45) is 0 Å². The van der Waals surface area contributed by atoms with E-state index in [1.165, 1.54) is 23.5 Å². The zero-order valence-corrected chi connectivity index (χ0v) is 12.4. The van der Waals surface area contributed by atoms with Crippen LogP contribution < -0.4 is 5.32 Å². The van der Waals surface area contributed by atoms with E-state index in [2.05, 4.69) is 10.3 Å². The normalized spacial score (nSPS) is 21.4. The van der Waals surface area contributed by atoms with E-state index in [4.69, 9.17) is 4.74 Å². The third-order valence-electron chi connectivity index (χ3n) is 3.56. The molecule has 1 aliphatic rings. The van der Waals surface area contributed by atoms with Gasteiger partial charge in [0.05, 0.1) is 5.69 Å². The molecule has 1 atom stereocenters. The van der Waals surface area contributed by atoms with E-state index in [0.29, 0.717) is 17.4 Å². The predicted octanol–water partition coefficient (Wildman–Crippen LogP) is 3.46. The molecule has 21 heavy (non-hydrogen) atoms. The maximum Gasteiger partial charge on any atom is 0.258 e. The first-order valence-electron chi connectivity index (χ1n) is 6.74. The number of ether oxygens (including phenoxy) is 1. The van der Waals surface area contributed by atoms with E-state index in [-0.39, 0.29) is 11.7 Å². The molecule has 1 aromatic heterocycles. The Morgan fingerprint density at radius 1 is 1.43 bits per heavy atom. The van der Waals surface area contributed by atoms with E-state index in [1.54, 1.807) is 19.1 Å². The van der Waals surface area contributed by atoms with Gasteiger partial charge in [-0.3, -0.25) is 10.1 Å². The molecule has 4 nitrogen and oxygen atoms in total. The summed E-state index contributed by atoms with van der Waals surface area (Å²) in [5.74, 6) is -0.450. The first kappa shape index (κ1) is 14.2. The number of amides is 1. The average Bonchev–Trinajstić information content (AvgIpc) is 3.10. The van der Waals surface area contributed by atoms with Gasteiger partial charge in [-0.15, -0.1) is 11.3 Å². The molecule has 110 valence electrons. The van der Waals surface area contributed by atoms with Gasteiger partial charge < -0.3 is 4.74 Å². The lowest BCUT2D eigenvalue weighted by Crippen LogP contribution is -2.39. The number of hydrogen-bond acceptors (Lipinski definition) is 4. The number of thiazole rings is 1. The molecule has 0 saturated carbocycles. The lowest BCUT2D eigenvalue weighted by atomic mass is 10.0. The van der Waals surface area contributed by atoms with Gasteiger partial charge in [0.25, 0.3) is 5.91 Å². The van der Waals surface area contributed by atoms with Crippen LogP contribution >= 0.6 is 11.3 Å². The van der Waals surface area contributed by atoms with Gasteiger partial charge in [0.2, 0.25) is 0 Å². The van der Waals surface area contributed by atoms with Crippen LogP contribution in [-0.2, 0) is 9.53 Å². The molecule has 0 aliphatic carbocycles. The summed E-state index contributed by atoms with van der Waals surface area (Å²) in [5, 5.41) is 5.15. The molecule has 1 amide bonds. The molecular formula is C15H15FN2O2S. The van der Waals surface area contributed by atoms with E-state index in [1.807, 2.05) is 5.38 Å². The van der Waals surface area contributed by atoms with Crippen molar-refractivity contribution in [3.8, 4) is 11.3 Å². The SMILES string of the molecule is CC1(C(=O)Nc2nc(-c3ccc(F)cc3)cs2)CCCO1. The average molecular weight is 306 g/mol. The monoisotopic (exact) mass is 306 g/mol. The summed E-state index contributed by atoms with van der Waals surface area (Å²) in [6.45, 7) is 2.41. The number of anilines is 1. The second-order valence-corrected chi connectivity index (χ2v) is 6.04. The summed E-state index contributed by atoms with van der Waals surface area (Å²) in [6, 6.07) is 6.11. The number of halogens is 1. The lowest BCUT2D eigenvalue weighted by Gasteiger charge is -2.20. The molecule has 1 unspecified atom stereocenters. The van der Waals surface area contributed by atoms with Crippen molar-refractivity contribution in [3.63, 3.8) is 0 Å². The van der Waals surface area contributed by atoms with Crippen LogP contribution in [0, 0.1) is 5.82 Å². The van der Waals surface area contributed by atoms with Gasteiger partial charge in [-0.2, -0.15) is 0 Å². The maximum atomic E-state index is 12.9. The summed E-state index contributed by atoms with van der Waals surface area (Å²) < 4.78 is 18.4. The second-order valence-electron chi connectivity index (χ2n) is 5.18. The first-order valence-corrected chi connectivity index (χ1v) is 7.62. The fourth-order valence-electron chi connectivity index (χ4n) is 2.27. The Morgan fingerprint density at radius 3 is 2.86 bits per heavy atom. The molecule has 1 N–H and O–H groups in total. The minimum Gasteiger partial charge on any atom is -0.365 e. The van der Waals surface area contributed by atoms with Gasteiger partial charge in [-0.25, -0.2) is 9.37 Å². The van der Waals surface area contributed by atoms with Gasteiger partial charge in [0.1, 0.15) is 11.4 Å². The second kappa shape index (κ2) is 5.54. The standard InChI is InChI=1S/C15H15FN2O2S/c1-15(7-2-8-20-15)13(19)18-14-17-12(9-21-14)10-3-5-11(16)6-4-10/h3-6,9H,2,7-8H2,1H3,(H,17,18,19). The number of rotatable bonds is 3. The van der Waals surface area contributed by atoms with E-state index < -0.39 is 5.60 Å². The molecule has 6 heteroatoms. The van der Waals surface area contributed by atoms with Gasteiger partial charge in [0.15, 0.2) is 5.13 Å². The molecule has 2 aromatic rings. The van der Waals surface area contributed by atoms with Crippen LogP contribution in [-0.4, -0.2) is 23.1 Å². The molecule has 0 bridgehead atoms. The molecule has 3 rings (SSSR count). The summed E-state index contributed by atoms with van der Waals surface area (Å²) in [6.07, 6.45) is 1.61. The molecule has 1 aliphatic heterocycles. The summed E-state index contributed by atoms with van der Waals surface area (Å²) in [5.41, 5.74) is 0.770. The van der Waals surface area contributed by atoms with Crippen molar-refractivity contribution < 1.29 is 13.9 Å². The Bertz CT molecular complexity index is 648. The van der Waals surface area contributed by atoms with Crippen molar-refractivity contribution in [1.82, 2.24) is 4.98 Å². The van der Waals surface area contributed by atoms with Gasteiger partial charge in [0, 0.05) is 17.6 Å². The van der Waals surface area contributed by atoms with Crippen molar-refractivity contribution in [2.75, 3.05) is 11.9 Å². The quantitative estimate of drug-likeness (QED) is 0.945. The van der Waals surface area contributed by atoms with Crippen LogP contribution in [0.25, 0.3) is 11.3 Å². The number of nitrogens with one attached hydrogen (secondary N) is 1. The molecular weight excluding hydrogens is 291 g/mol. The third-order valence-corrected chi connectivity index (χ3v) is 4.32.